The number of fused-ring (bicyclic) bond motifs is 1. The molecular weight excluding hydrogens is 318 g/mol. The predicted octanol–water partition coefficient (Wildman–Crippen LogP) is 3.65. The third-order valence-corrected chi connectivity index (χ3v) is 5.25. The van der Waals surface area contributed by atoms with E-state index in [1.807, 2.05) is 24.3 Å². The van der Waals surface area contributed by atoms with Crippen LogP contribution >= 0.6 is 0 Å². The van der Waals surface area contributed by atoms with Gasteiger partial charge in [0.25, 0.3) is 0 Å². The van der Waals surface area contributed by atoms with Crippen molar-refractivity contribution in [3.05, 3.63) is 47.9 Å². The molecule has 1 aromatic carbocycles. The maximum atomic E-state index is 12.7. The van der Waals surface area contributed by atoms with Crippen LogP contribution in [0.4, 0.5) is 4.79 Å². The van der Waals surface area contributed by atoms with Gasteiger partial charge in [-0.15, -0.1) is 0 Å². The molecule has 1 saturated carbocycles. The van der Waals surface area contributed by atoms with Gasteiger partial charge in [0.15, 0.2) is 0 Å². The molecule has 2 aromatic rings. The molecule has 6 heteroatoms. The minimum atomic E-state index is -0.128. The van der Waals surface area contributed by atoms with Gasteiger partial charge in [0, 0.05) is 25.1 Å². The first kappa shape index (κ1) is 16.0. The Morgan fingerprint density at radius 2 is 2.12 bits per heavy atom. The Morgan fingerprint density at radius 1 is 1.32 bits per heavy atom. The third kappa shape index (κ3) is 3.21. The summed E-state index contributed by atoms with van der Waals surface area (Å²) >= 11 is 0. The summed E-state index contributed by atoms with van der Waals surface area (Å²) in [5, 5.41) is 7.05. The van der Waals surface area contributed by atoms with Crippen LogP contribution in [0.15, 0.2) is 41.1 Å². The Kier molecular flexibility index (Phi) is 4.11. The van der Waals surface area contributed by atoms with Crippen LogP contribution in [0.25, 0.3) is 0 Å². The van der Waals surface area contributed by atoms with Gasteiger partial charge in [0.2, 0.25) is 0 Å². The highest BCUT2D eigenvalue weighted by molar-refractivity contribution is 5.74. The second kappa shape index (κ2) is 6.43. The SMILES string of the molecule is CN(Cc1ccon1)C(=O)NC1CC2(CCCC2)Oc2ccccc21. The molecule has 1 N–H and O–H groups in total. The first-order valence-electron chi connectivity index (χ1n) is 8.84. The van der Waals surface area contributed by atoms with Crippen LogP contribution in [0.3, 0.4) is 0 Å². The van der Waals surface area contributed by atoms with Gasteiger partial charge in [-0.2, -0.15) is 0 Å². The van der Waals surface area contributed by atoms with E-state index in [4.69, 9.17) is 9.26 Å². The first-order valence-corrected chi connectivity index (χ1v) is 8.84. The topological polar surface area (TPSA) is 67.6 Å². The number of hydrogen-bond acceptors (Lipinski definition) is 4. The lowest BCUT2D eigenvalue weighted by Gasteiger charge is -2.40. The molecule has 1 aromatic heterocycles. The summed E-state index contributed by atoms with van der Waals surface area (Å²) in [6, 6.07) is 9.65. The van der Waals surface area contributed by atoms with Gasteiger partial charge in [0.05, 0.1) is 12.6 Å². The van der Waals surface area contributed by atoms with E-state index in [1.165, 1.54) is 19.1 Å². The Bertz CT molecular complexity index is 738. The molecule has 25 heavy (non-hydrogen) atoms. The number of nitrogens with zero attached hydrogens (tertiary/aromatic N) is 2. The standard InChI is InChI=1S/C19H23N3O3/c1-22(13-14-8-11-24-21-14)18(23)20-16-12-19(9-4-5-10-19)25-17-7-3-2-6-15(16)17/h2-3,6-8,11,16H,4-5,9-10,12-13H2,1H3,(H,20,23). The number of urea groups is 1. The van der Waals surface area contributed by atoms with E-state index in [1.54, 1.807) is 18.0 Å². The van der Waals surface area contributed by atoms with Gasteiger partial charge in [-0.1, -0.05) is 23.4 Å². The van der Waals surface area contributed by atoms with Crippen LogP contribution in [-0.2, 0) is 6.54 Å². The van der Waals surface area contributed by atoms with Crippen molar-refractivity contribution in [2.45, 2.75) is 50.3 Å². The third-order valence-electron chi connectivity index (χ3n) is 5.25. The predicted molar refractivity (Wildman–Crippen MR) is 92.1 cm³/mol. The summed E-state index contributed by atoms with van der Waals surface area (Å²) in [5.74, 6) is 0.903. The molecule has 0 bridgehead atoms. The fourth-order valence-corrected chi connectivity index (χ4v) is 3.97. The first-order chi connectivity index (χ1) is 12.2. The van der Waals surface area contributed by atoms with Crippen molar-refractivity contribution in [1.29, 1.82) is 0 Å². The van der Waals surface area contributed by atoms with E-state index in [0.29, 0.717) is 6.54 Å². The average molecular weight is 341 g/mol. The number of aromatic nitrogens is 1. The number of carbonyl (C=O) groups is 1. The van der Waals surface area contributed by atoms with Gasteiger partial charge in [-0.25, -0.2) is 4.79 Å². The number of amides is 2. The number of benzene rings is 1. The average Bonchev–Trinajstić information content (AvgIpc) is 3.27. The molecular formula is C19H23N3O3. The summed E-state index contributed by atoms with van der Waals surface area (Å²) in [6.45, 7) is 0.415. The maximum Gasteiger partial charge on any atom is 0.317 e. The Balaban J connectivity index is 1.51. The van der Waals surface area contributed by atoms with Crippen LogP contribution in [0.5, 0.6) is 5.75 Å². The molecule has 2 aliphatic rings. The summed E-state index contributed by atoms with van der Waals surface area (Å²) < 4.78 is 11.2. The monoisotopic (exact) mass is 341 g/mol. The van der Waals surface area contributed by atoms with Crippen molar-refractivity contribution in [2.75, 3.05) is 7.05 Å². The van der Waals surface area contributed by atoms with E-state index >= 15 is 0 Å². The van der Waals surface area contributed by atoms with Crippen molar-refractivity contribution >= 4 is 6.03 Å². The molecule has 0 radical (unpaired) electrons. The zero-order valence-electron chi connectivity index (χ0n) is 14.4. The maximum absolute atomic E-state index is 12.7. The fraction of sp³-hybridized carbons (Fsp3) is 0.474. The lowest BCUT2D eigenvalue weighted by molar-refractivity contribution is 0.0377. The van der Waals surface area contributed by atoms with Crippen LogP contribution in [0.2, 0.25) is 0 Å². The summed E-state index contributed by atoms with van der Waals surface area (Å²) in [4.78, 5) is 14.3. The molecule has 1 spiro atoms. The summed E-state index contributed by atoms with van der Waals surface area (Å²) in [5.41, 5.74) is 1.66. The van der Waals surface area contributed by atoms with E-state index in [-0.39, 0.29) is 17.7 Å². The molecule has 6 nitrogen and oxygen atoms in total. The van der Waals surface area contributed by atoms with Crippen molar-refractivity contribution in [2.24, 2.45) is 0 Å². The molecule has 1 fully saturated rings. The Morgan fingerprint density at radius 3 is 2.88 bits per heavy atom. The van der Waals surface area contributed by atoms with E-state index in [9.17, 15) is 4.79 Å². The largest absolute Gasteiger partial charge is 0.487 e. The molecule has 1 aliphatic heterocycles. The number of ether oxygens (including phenoxy) is 1. The molecule has 4 rings (SSSR count). The minimum Gasteiger partial charge on any atom is -0.487 e. The zero-order valence-corrected chi connectivity index (χ0v) is 14.4. The van der Waals surface area contributed by atoms with Crippen molar-refractivity contribution in [3.8, 4) is 5.75 Å². The highest BCUT2D eigenvalue weighted by atomic mass is 16.5. The van der Waals surface area contributed by atoms with Gasteiger partial charge in [-0.3, -0.25) is 0 Å². The summed E-state index contributed by atoms with van der Waals surface area (Å²) in [7, 11) is 1.76. The fourth-order valence-electron chi connectivity index (χ4n) is 3.97. The number of nitrogens with one attached hydrogen (secondary N) is 1. The van der Waals surface area contributed by atoms with Gasteiger partial charge in [0.1, 0.15) is 23.3 Å². The Labute approximate surface area is 147 Å². The number of hydrogen-bond donors (Lipinski definition) is 1. The summed E-state index contributed by atoms with van der Waals surface area (Å²) in [6.07, 6.45) is 6.84. The van der Waals surface area contributed by atoms with Crippen molar-refractivity contribution < 1.29 is 14.1 Å². The normalized spacial score (nSPS) is 20.8. The second-order valence-corrected chi connectivity index (χ2v) is 7.08. The highest BCUT2D eigenvalue weighted by Gasteiger charge is 2.43. The molecule has 0 saturated heterocycles. The Hall–Kier alpha value is -2.50. The molecule has 2 heterocycles. The number of rotatable bonds is 3. The van der Waals surface area contributed by atoms with Crippen LogP contribution in [-0.4, -0.2) is 28.7 Å². The smallest absolute Gasteiger partial charge is 0.317 e. The molecule has 2 amide bonds. The van der Waals surface area contributed by atoms with Gasteiger partial charge in [-0.05, 0) is 31.7 Å². The van der Waals surface area contributed by atoms with Crippen molar-refractivity contribution in [1.82, 2.24) is 15.4 Å². The van der Waals surface area contributed by atoms with Crippen LogP contribution < -0.4 is 10.1 Å². The highest BCUT2D eigenvalue weighted by Crippen LogP contribution is 2.47. The lowest BCUT2D eigenvalue weighted by Crippen LogP contribution is -2.46. The van der Waals surface area contributed by atoms with Crippen LogP contribution in [0.1, 0.15) is 49.4 Å². The van der Waals surface area contributed by atoms with Crippen LogP contribution in [0, 0.1) is 0 Å². The number of para-hydroxylation sites is 1. The van der Waals surface area contributed by atoms with E-state index in [2.05, 4.69) is 10.5 Å². The van der Waals surface area contributed by atoms with Gasteiger partial charge >= 0.3 is 6.03 Å². The second-order valence-electron chi connectivity index (χ2n) is 7.08. The van der Waals surface area contributed by atoms with Crippen molar-refractivity contribution in [3.63, 3.8) is 0 Å². The lowest BCUT2D eigenvalue weighted by atomic mass is 9.86. The van der Waals surface area contributed by atoms with Gasteiger partial charge < -0.3 is 19.5 Å². The molecule has 1 atom stereocenters. The quantitative estimate of drug-likeness (QED) is 0.925. The minimum absolute atomic E-state index is 0.0321. The van der Waals surface area contributed by atoms with E-state index in [0.717, 1.165) is 36.3 Å². The molecule has 1 aliphatic carbocycles. The number of carbonyl (C=O) groups excluding carboxylic acids is 1. The molecule has 1 unspecified atom stereocenters. The van der Waals surface area contributed by atoms with E-state index < -0.39 is 0 Å². The zero-order chi connectivity index (χ0) is 17.3. The molecule has 132 valence electrons.